The maximum Gasteiger partial charge on any atom is 0.255 e. The Morgan fingerprint density at radius 1 is 1.44 bits per heavy atom. The SMILES string of the molecule is CCOc1ccccc1C(=O)NC(C)CCCBr. The Balaban J connectivity index is 2.65. The Kier molecular flexibility index (Phi) is 6.80. The van der Waals surface area contributed by atoms with E-state index in [4.69, 9.17) is 4.74 Å². The topological polar surface area (TPSA) is 38.3 Å². The molecule has 0 bridgehead atoms. The first kappa shape index (κ1) is 15.0. The maximum atomic E-state index is 12.1. The average molecular weight is 314 g/mol. The molecule has 0 aliphatic rings. The van der Waals surface area contributed by atoms with Crippen LogP contribution in [0.1, 0.15) is 37.0 Å². The van der Waals surface area contributed by atoms with Crippen molar-refractivity contribution in [1.29, 1.82) is 0 Å². The number of halogens is 1. The second kappa shape index (κ2) is 8.14. The number of hydrogen-bond donors (Lipinski definition) is 1. The van der Waals surface area contributed by atoms with Gasteiger partial charge in [0, 0.05) is 11.4 Å². The van der Waals surface area contributed by atoms with Crippen molar-refractivity contribution in [3.8, 4) is 5.75 Å². The predicted octanol–water partition coefficient (Wildman–Crippen LogP) is 3.38. The molecule has 0 aromatic heterocycles. The van der Waals surface area contributed by atoms with Gasteiger partial charge in [-0.25, -0.2) is 0 Å². The summed E-state index contributed by atoms with van der Waals surface area (Å²) in [5.74, 6) is 0.575. The average Bonchev–Trinajstić information content (AvgIpc) is 2.37. The fourth-order valence-electron chi connectivity index (χ4n) is 1.69. The molecule has 1 rings (SSSR count). The van der Waals surface area contributed by atoms with E-state index in [1.54, 1.807) is 6.07 Å². The summed E-state index contributed by atoms with van der Waals surface area (Å²) in [5, 5.41) is 3.95. The van der Waals surface area contributed by atoms with Crippen LogP contribution in [0.4, 0.5) is 0 Å². The van der Waals surface area contributed by atoms with Crippen molar-refractivity contribution in [2.45, 2.75) is 32.7 Å². The van der Waals surface area contributed by atoms with Crippen molar-refractivity contribution >= 4 is 21.8 Å². The van der Waals surface area contributed by atoms with Gasteiger partial charge in [0.25, 0.3) is 5.91 Å². The molecule has 0 spiro atoms. The fourth-order valence-corrected chi connectivity index (χ4v) is 2.02. The summed E-state index contributed by atoms with van der Waals surface area (Å²) in [6, 6.07) is 7.50. The van der Waals surface area contributed by atoms with Crippen LogP contribution < -0.4 is 10.1 Å². The van der Waals surface area contributed by atoms with Crippen LogP contribution in [0.25, 0.3) is 0 Å². The first-order valence-electron chi connectivity index (χ1n) is 6.27. The minimum absolute atomic E-state index is 0.0684. The Morgan fingerprint density at radius 3 is 2.83 bits per heavy atom. The third-order valence-electron chi connectivity index (χ3n) is 2.58. The summed E-state index contributed by atoms with van der Waals surface area (Å²) < 4.78 is 5.45. The largest absolute Gasteiger partial charge is 0.493 e. The zero-order valence-electron chi connectivity index (χ0n) is 10.9. The number of carbonyl (C=O) groups is 1. The molecule has 0 heterocycles. The molecule has 4 heteroatoms. The third kappa shape index (κ3) is 4.69. The summed E-state index contributed by atoms with van der Waals surface area (Å²) >= 11 is 3.39. The van der Waals surface area contributed by atoms with Crippen LogP contribution in [0.2, 0.25) is 0 Å². The second-order valence-corrected chi connectivity index (χ2v) is 4.93. The van der Waals surface area contributed by atoms with Crippen LogP contribution in [-0.4, -0.2) is 23.9 Å². The van der Waals surface area contributed by atoms with E-state index in [0.29, 0.717) is 17.9 Å². The zero-order valence-corrected chi connectivity index (χ0v) is 12.5. The van der Waals surface area contributed by atoms with E-state index in [1.807, 2.05) is 32.0 Å². The van der Waals surface area contributed by atoms with Gasteiger partial charge in [-0.1, -0.05) is 28.1 Å². The van der Waals surface area contributed by atoms with Crippen LogP contribution in [0.3, 0.4) is 0 Å². The van der Waals surface area contributed by atoms with E-state index in [9.17, 15) is 4.79 Å². The molecule has 0 aliphatic heterocycles. The Bertz CT molecular complexity index is 382. The van der Waals surface area contributed by atoms with Gasteiger partial charge >= 0.3 is 0 Å². The molecule has 0 fully saturated rings. The number of rotatable bonds is 7. The number of hydrogen-bond acceptors (Lipinski definition) is 2. The van der Waals surface area contributed by atoms with Crippen molar-refractivity contribution in [1.82, 2.24) is 5.32 Å². The molecule has 0 saturated heterocycles. The number of carbonyl (C=O) groups excluding carboxylic acids is 1. The maximum absolute atomic E-state index is 12.1. The van der Waals surface area contributed by atoms with Gasteiger partial charge in [-0.05, 0) is 38.8 Å². The van der Waals surface area contributed by atoms with Gasteiger partial charge in [0.1, 0.15) is 5.75 Å². The van der Waals surface area contributed by atoms with Gasteiger partial charge in [-0.3, -0.25) is 4.79 Å². The lowest BCUT2D eigenvalue weighted by Crippen LogP contribution is -2.32. The third-order valence-corrected chi connectivity index (χ3v) is 3.14. The molecule has 3 nitrogen and oxygen atoms in total. The van der Waals surface area contributed by atoms with Crippen molar-refractivity contribution in [3.63, 3.8) is 0 Å². The summed E-state index contributed by atoms with van der Waals surface area (Å²) in [7, 11) is 0. The standard InChI is InChI=1S/C14H20BrNO2/c1-3-18-13-9-5-4-8-12(13)14(17)16-11(2)7-6-10-15/h4-5,8-9,11H,3,6-7,10H2,1-2H3,(H,16,17). The van der Waals surface area contributed by atoms with E-state index in [1.165, 1.54) is 0 Å². The van der Waals surface area contributed by atoms with Gasteiger partial charge < -0.3 is 10.1 Å². The molecule has 1 unspecified atom stereocenters. The van der Waals surface area contributed by atoms with Crippen molar-refractivity contribution in [3.05, 3.63) is 29.8 Å². The van der Waals surface area contributed by atoms with E-state index in [2.05, 4.69) is 21.2 Å². The number of ether oxygens (including phenoxy) is 1. The molecule has 0 saturated carbocycles. The predicted molar refractivity (Wildman–Crippen MR) is 77.6 cm³/mol. The van der Waals surface area contributed by atoms with Crippen LogP contribution in [-0.2, 0) is 0 Å². The lowest BCUT2D eigenvalue weighted by atomic mass is 10.1. The van der Waals surface area contributed by atoms with Gasteiger partial charge in [0.15, 0.2) is 0 Å². The molecule has 1 aromatic rings. The molecule has 0 radical (unpaired) electrons. The number of alkyl halides is 1. The summed E-state index contributed by atoms with van der Waals surface area (Å²) in [6.07, 6.45) is 2.02. The highest BCUT2D eigenvalue weighted by Gasteiger charge is 2.13. The highest BCUT2D eigenvalue weighted by molar-refractivity contribution is 9.09. The first-order chi connectivity index (χ1) is 8.69. The molecule has 1 N–H and O–H groups in total. The number of benzene rings is 1. The Hall–Kier alpha value is -1.03. The fraction of sp³-hybridized carbons (Fsp3) is 0.500. The van der Waals surface area contributed by atoms with Crippen molar-refractivity contribution in [2.24, 2.45) is 0 Å². The van der Waals surface area contributed by atoms with Gasteiger partial charge in [-0.2, -0.15) is 0 Å². The lowest BCUT2D eigenvalue weighted by molar-refractivity contribution is 0.0934. The monoisotopic (exact) mass is 313 g/mol. The van der Waals surface area contributed by atoms with Crippen LogP contribution in [0, 0.1) is 0 Å². The first-order valence-corrected chi connectivity index (χ1v) is 7.39. The van der Waals surface area contributed by atoms with Crippen molar-refractivity contribution in [2.75, 3.05) is 11.9 Å². The highest BCUT2D eigenvalue weighted by atomic mass is 79.9. The van der Waals surface area contributed by atoms with Crippen LogP contribution >= 0.6 is 15.9 Å². The molecule has 1 amide bonds. The second-order valence-electron chi connectivity index (χ2n) is 4.13. The van der Waals surface area contributed by atoms with E-state index >= 15 is 0 Å². The number of nitrogens with one attached hydrogen (secondary N) is 1. The van der Waals surface area contributed by atoms with Crippen LogP contribution in [0.15, 0.2) is 24.3 Å². The van der Waals surface area contributed by atoms with Gasteiger partial charge in [0.05, 0.1) is 12.2 Å². The Morgan fingerprint density at radius 2 is 2.17 bits per heavy atom. The highest BCUT2D eigenvalue weighted by Crippen LogP contribution is 2.18. The van der Waals surface area contributed by atoms with Crippen LogP contribution in [0.5, 0.6) is 5.75 Å². The minimum Gasteiger partial charge on any atom is -0.493 e. The minimum atomic E-state index is -0.0684. The van der Waals surface area contributed by atoms with Gasteiger partial charge in [-0.15, -0.1) is 0 Å². The number of amides is 1. The van der Waals surface area contributed by atoms with Crippen molar-refractivity contribution < 1.29 is 9.53 Å². The summed E-state index contributed by atoms with van der Waals surface area (Å²) in [5.41, 5.74) is 0.602. The lowest BCUT2D eigenvalue weighted by Gasteiger charge is -2.15. The quantitative estimate of drug-likeness (QED) is 0.784. The molecule has 0 aliphatic carbocycles. The smallest absolute Gasteiger partial charge is 0.255 e. The zero-order chi connectivity index (χ0) is 13.4. The summed E-state index contributed by atoms with van der Waals surface area (Å²) in [4.78, 5) is 12.1. The summed E-state index contributed by atoms with van der Waals surface area (Å²) in [6.45, 7) is 4.49. The van der Waals surface area contributed by atoms with E-state index in [-0.39, 0.29) is 11.9 Å². The molecule has 1 atom stereocenters. The normalized spacial score (nSPS) is 11.9. The molecule has 100 valence electrons. The van der Waals surface area contributed by atoms with E-state index in [0.717, 1.165) is 18.2 Å². The number of para-hydroxylation sites is 1. The molecular formula is C14H20BrNO2. The van der Waals surface area contributed by atoms with Gasteiger partial charge in [0.2, 0.25) is 0 Å². The Labute approximate surface area is 117 Å². The molecular weight excluding hydrogens is 294 g/mol. The van der Waals surface area contributed by atoms with E-state index < -0.39 is 0 Å². The molecule has 1 aromatic carbocycles. The molecule has 18 heavy (non-hydrogen) atoms.